The first-order valence-electron chi connectivity index (χ1n) is 7.77. The molecule has 1 aliphatic carbocycles. The van der Waals surface area contributed by atoms with Gasteiger partial charge in [0, 0.05) is 30.1 Å². The van der Waals surface area contributed by atoms with Crippen LogP contribution in [0.3, 0.4) is 0 Å². The Morgan fingerprint density at radius 1 is 1.38 bits per heavy atom. The van der Waals surface area contributed by atoms with E-state index in [-0.39, 0.29) is 18.4 Å². The molecule has 1 aliphatic rings. The van der Waals surface area contributed by atoms with Crippen molar-refractivity contribution < 1.29 is 9.90 Å². The summed E-state index contributed by atoms with van der Waals surface area (Å²) < 4.78 is 1.06. The number of hydrogen-bond acceptors (Lipinski definition) is 2. The van der Waals surface area contributed by atoms with Crippen molar-refractivity contribution in [1.82, 2.24) is 4.90 Å². The summed E-state index contributed by atoms with van der Waals surface area (Å²) in [6.45, 7) is 2.94. The van der Waals surface area contributed by atoms with Crippen LogP contribution in [0.2, 0.25) is 0 Å². The third-order valence-corrected chi connectivity index (χ3v) is 4.84. The minimum Gasteiger partial charge on any atom is -0.396 e. The molecule has 1 unspecified atom stereocenters. The van der Waals surface area contributed by atoms with Crippen molar-refractivity contribution in [3.05, 3.63) is 34.3 Å². The van der Waals surface area contributed by atoms with Crippen molar-refractivity contribution in [3.8, 4) is 0 Å². The molecule has 0 radical (unpaired) electrons. The Kier molecular flexibility index (Phi) is 6.24. The van der Waals surface area contributed by atoms with E-state index in [9.17, 15) is 4.79 Å². The van der Waals surface area contributed by atoms with E-state index in [1.807, 2.05) is 17.0 Å². The molecule has 1 atom stereocenters. The van der Waals surface area contributed by atoms with Gasteiger partial charge in [-0.2, -0.15) is 0 Å². The smallest absolute Gasteiger partial charge is 0.223 e. The van der Waals surface area contributed by atoms with Gasteiger partial charge in [0.1, 0.15) is 0 Å². The molecule has 0 bridgehead atoms. The lowest BCUT2D eigenvalue weighted by molar-refractivity contribution is -0.135. The Morgan fingerprint density at radius 2 is 2.05 bits per heavy atom. The summed E-state index contributed by atoms with van der Waals surface area (Å²) >= 11 is 3.43. The third-order valence-electron chi connectivity index (χ3n) is 4.31. The van der Waals surface area contributed by atoms with Crippen LogP contribution in [0.5, 0.6) is 0 Å². The number of amides is 1. The summed E-state index contributed by atoms with van der Waals surface area (Å²) in [5.41, 5.74) is 1.20. The molecular weight excluding hydrogens is 330 g/mol. The molecule has 0 aromatic heterocycles. The number of carbonyl (C=O) groups excluding carboxylic acids is 1. The Hall–Kier alpha value is -0.870. The monoisotopic (exact) mass is 353 g/mol. The minimum absolute atomic E-state index is 0.152. The van der Waals surface area contributed by atoms with Crippen LogP contribution in [0.4, 0.5) is 0 Å². The van der Waals surface area contributed by atoms with Crippen molar-refractivity contribution in [2.45, 2.75) is 51.0 Å². The number of rotatable bonds is 7. The quantitative estimate of drug-likeness (QED) is 0.811. The van der Waals surface area contributed by atoms with Crippen molar-refractivity contribution >= 4 is 21.8 Å². The highest BCUT2D eigenvalue weighted by Gasteiger charge is 2.29. The fourth-order valence-electron chi connectivity index (χ4n) is 2.74. The average Bonchev–Trinajstić information content (AvgIpc) is 2.41. The average molecular weight is 354 g/mol. The van der Waals surface area contributed by atoms with Gasteiger partial charge in [0.2, 0.25) is 5.91 Å². The maximum atomic E-state index is 12.6. The van der Waals surface area contributed by atoms with E-state index in [2.05, 4.69) is 35.0 Å². The van der Waals surface area contributed by atoms with Crippen molar-refractivity contribution in [2.24, 2.45) is 0 Å². The molecule has 0 aliphatic heterocycles. The van der Waals surface area contributed by atoms with E-state index in [0.717, 1.165) is 17.3 Å². The van der Waals surface area contributed by atoms with Gasteiger partial charge in [0.25, 0.3) is 0 Å². The first-order valence-corrected chi connectivity index (χ1v) is 8.57. The van der Waals surface area contributed by atoms with E-state index in [1.165, 1.54) is 12.0 Å². The fraction of sp³-hybridized carbons (Fsp3) is 0.588. The van der Waals surface area contributed by atoms with Gasteiger partial charge in [0.15, 0.2) is 0 Å². The van der Waals surface area contributed by atoms with E-state index in [0.29, 0.717) is 25.4 Å². The summed E-state index contributed by atoms with van der Waals surface area (Å²) in [4.78, 5) is 14.6. The van der Waals surface area contributed by atoms with Crippen LogP contribution in [-0.2, 0) is 4.79 Å². The molecular formula is C17H24BrNO2. The Bertz CT molecular complexity index is 456. The zero-order chi connectivity index (χ0) is 15.2. The van der Waals surface area contributed by atoms with Crippen molar-refractivity contribution in [2.75, 3.05) is 13.2 Å². The molecule has 0 saturated heterocycles. The highest BCUT2D eigenvalue weighted by atomic mass is 79.9. The van der Waals surface area contributed by atoms with Gasteiger partial charge in [-0.05, 0) is 49.3 Å². The molecule has 1 N–H and O–H groups in total. The lowest BCUT2D eigenvalue weighted by Gasteiger charge is -2.38. The number of hydrogen-bond donors (Lipinski definition) is 1. The molecule has 0 heterocycles. The van der Waals surface area contributed by atoms with Gasteiger partial charge in [-0.15, -0.1) is 0 Å². The van der Waals surface area contributed by atoms with Gasteiger partial charge < -0.3 is 10.0 Å². The fourth-order valence-corrected chi connectivity index (χ4v) is 3.00. The number of halogens is 1. The second-order valence-corrected chi connectivity index (χ2v) is 6.82. The molecule has 0 spiro atoms. The number of nitrogens with zero attached hydrogens (tertiary/aromatic N) is 1. The molecule has 2 rings (SSSR count). The predicted octanol–water partition coefficient (Wildman–Crippen LogP) is 3.71. The number of benzene rings is 1. The van der Waals surface area contributed by atoms with E-state index in [4.69, 9.17) is 5.11 Å². The van der Waals surface area contributed by atoms with Crippen LogP contribution >= 0.6 is 15.9 Å². The SMILES string of the molecule is CC(CC(=O)N(CCCO)C1CCC1)c1ccc(Br)cc1. The highest BCUT2D eigenvalue weighted by Crippen LogP contribution is 2.28. The summed E-state index contributed by atoms with van der Waals surface area (Å²) in [5, 5.41) is 9.01. The van der Waals surface area contributed by atoms with Crippen LogP contribution < -0.4 is 0 Å². The number of aliphatic hydroxyl groups is 1. The summed E-state index contributed by atoms with van der Waals surface area (Å²) in [6.07, 6.45) is 4.67. The van der Waals surface area contributed by atoms with Gasteiger partial charge in [-0.25, -0.2) is 0 Å². The van der Waals surface area contributed by atoms with Crippen LogP contribution in [0.15, 0.2) is 28.7 Å². The molecule has 1 aromatic carbocycles. The topological polar surface area (TPSA) is 40.5 Å². The van der Waals surface area contributed by atoms with Crippen LogP contribution in [0, 0.1) is 0 Å². The van der Waals surface area contributed by atoms with E-state index in [1.54, 1.807) is 0 Å². The van der Waals surface area contributed by atoms with Crippen molar-refractivity contribution in [1.29, 1.82) is 0 Å². The number of aliphatic hydroxyl groups excluding tert-OH is 1. The van der Waals surface area contributed by atoms with Gasteiger partial charge in [-0.1, -0.05) is 35.0 Å². The maximum absolute atomic E-state index is 12.6. The first-order chi connectivity index (χ1) is 10.1. The Balaban J connectivity index is 1.95. The van der Waals surface area contributed by atoms with E-state index < -0.39 is 0 Å². The summed E-state index contributed by atoms with van der Waals surface area (Å²) in [6, 6.07) is 8.59. The maximum Gasteiger partial charge on any atom is 0.223 e. The van der Waals surface area contributed by atoms with E-state index >= 15 is 0 Å². The van der Waals surface area contributed by atoms with Gasteiger partial charge >= 0.3 is 0 Å². The van der Waals surface area contributed by atoms with Gasteiger partial charge in [-0.3, -0.25) is 4.79 Å². The minimum atomic E-state index is 0.152. The second kappa shape index (κ2) is 7.95. The first kappa shape index (κ1) is 16.5. The zero-order valence-corrected chi connectivity index (χ0v) is 14.2. The predicted molar refractivity (Wildman–Crippen MR) is 88.2 cm³/mol. The molecule has 4 heteroatoms. The van der Waals surface area contributed by atoms with Gasteiger partial charge in [0.05, 0.1) is 0 Å². The lowest BCUT2D eigenvalue weighted by atomic mass is 9.90. The van der Waals surface area contributed by atoms with Crippen molar-refractivity contribution in [3.63, 3.8) is 0 Å². The number of carbonyl (C=O) groups is 1. The normalized spacial score (nSPS) is 16.3. The lowest BCUT2D eigenvalue weighted by Crippen LogP contribution is -2.45. The van der Waals surface area contributed by atoms with Crippen LogP contribution in [-0.4, -0.2) is 35.1 Å². The molecule has 3 nitrogen and oxygen atoms in total. The highest BCUT2D eigenvalue weighted by molar-refractivity contribution is 9.10. The Morgan fingerprint density at radius 3 is 2.57 bits per heavy atom. The molecule has 21 heavy (non-hydrogen) atoms. The largest absolute Gasteiger partial charge is 0.396 e. The molecule has 1 aromatic rings. The molecule has 1 fully saturated rings. The molecule has 1 amide bonds. The summed E-state index contributed by atoms with van der Waals surface area (Å²) in [5.74, 6) is 0.450. The molecule has 1 saturated carbocycles. The summed E-state index contributed by atoms with van der Waals surface area (Å²) in [7, 11) is 0. The standard InChI is InChI=1S/C17H24BrNO2/c1-13(14-6-8-15(18)9-7-14)12-17(21)19(10-3-11-20)16-4-2-5-16/h6-9,13,16,20H,2-5,10-12H2,1H3. The third kappa shape index (κ3) is 4.55. The van der Waals surface area contributed by atoms with Crippen LogP contribution in [0.25, 0.3) is 0 Å². The molecule has 116 valence electrons. The second-order valence-electron chi connectivity index (χ2n) is 5.91. The van der Waals surface area contributed by atoms with Crippen LogP contribution in [0.1, 0.15) is 50.5 Å². The zero-order valence-electron chi connectivity index (χ0n) is 12.6. The Labute approximate surface area is 135 Å².